The van der Waals surface area contributed by atoms with E-state index >= 15 is 0 Å². The molecular weight excluding hydrogens is 317 g/mol. The van der Waals surface area contributed by atoms with Crippen molar-refractivity contribution in [3.8, 4) is 0 Å². The number of halogens is 2. The number of nitrogens with two attached hydrogens (primary N) is 1. The second-order valence-corrected chi connectivity index (χ2v) is 5.85. The first kappa shape index (κ1) is 21.7. The van der Waals surface area contributed by atoms with Crippen molar-refractivity contribution in [2.24, 2.45) is 11.7 Å². The van der Waals surface area contributed by atoms with E-state index in [0.29, 0.717) is 0 Å². The molecule has 0 unspecified atom stereocenters. The van der Waals surface area contributed by atoms with Gasteiger partial charge >= 0.3 is 0 Å². The second-order valence-electron chi connectivity index (χ2n) is 5.85. The third kappa shape index (κ3) is 8.35. The molecule has 1 heterocycles. The molecule has 5 heteroatoms. The lowest BCUT2D eigenvalue weighted by molar-refractivity contribution is 0.242. The van der Waals surface area contributed by atoms with Crippen molar-refractivity contribution < 1.29 is 0 Å². The quantitative estimate of drug-likeness (QED) is 0.759. The molecule has 0 aromatic heterocycles. The third-order valence-electron chi connectivity index (χ3n) is 4.32. The molecule has 0 amide bonds. The lowest BCUT2D eigenvalue weighted by Crippen LogP contribution is -2.35. The van der Waals surface area contributed by atoms with E-state index in [1.807, 2.05) is 0 Å². The van der Waals surface area contributed by atoms with Gasteiger partial charge < -0.3 is 16.0 Å². The van der Waals surface area contributed by atoms with E-state index in [2.05, 4.69) is 40.5 Å². The zero-order valence-corrected chi connectivity index (χ0v) is 15.0. The molecule has 1 aliphatic heterocycles. The van der Waals surface area contributed by atoms with Crippen molar-refractivity contribution in [1.29, 1.82) is 0 Å². The smallest absolute Gasteiger partial charge is 0.0105 e. The van der Waals surface area contributed by atoms with Crippen LogP contribution < -0.4 is 11.1 Å². The third-order valence-corrected chi connectivity index (χ3v) is 4.32. The van der Waals surface area contributed by atoms with Crippen LogP contribution in [-0.4, -0.2) is 44.2 Å². The van der Waals surface area contributed by atoms with Crippen LogP contribution in [0.25, 0.3) is 0 Å². The van der Waals surface area contributed by atoms with Gasteiger partial charge in [0.1, 0.15) is 0 Å². The Morgan fingerprint density at radius 1 is 1.00 bits per heavy atom. The Labute approximate surface area is 147 Å². The van der Waals surface area contributed by atoms with Gasteiger partial charge in [0.2, 0.25) is 0 Å². The minimum atomic E-state index is 0. The van der Waals surface area contributed by atoms with Crippen LogP contribution in [0, 0.1) is 5.92 Å². The van der Waals surface area contributed by atoms with Gasteiger partial charge in [-0.05, 0) is 56.8 Å². The highest BCUT2D eigenvalue weighted by Gasteiger charge is 2.14. The summed E-state index contributed by atoms with van der Waals surface area (Å²) in [5.74, 6) is 0.910. The van der Waals surface area contributed by atoms with Crippen LogP contribution >= 0.6 is 24.8 Å². The molecule has 1 aromatic rings. The van der Waals surface area contributed by atoms with Gasteiger partial charge in [0.15, 0.2) is 0 Å². The zero-order valence-electron chi connectivity index (χ0n) is 13.4. The minimum Gasteiger partial charge on any atom is -0.329 e. The molecule has 0 radical (unpaired) electrons. The molecule has 128 valence electrons. The van der Waals surface area contributed by atoms with Crippen LogP contribution in [0.3, 0.4) is 0 Å². The number of piperidine rings is 1. The molecule has 1 fully saturated rings. The topological polar surface area (TPSA) is 41.3 Å². The lowest BCUT2D eigenvalue weighted by Gasteiger charge is -2.27. The van der Waals surface area contributed by atoms with Gasteiger partial charge in [-0.1, -0.05) is 30.3 Å². The predicted molar refractivity (Wildman–Crippen MR) is 100 cm³/mol. The molecule has 0 bridgehead atoms. The highest BCUT2D eigenvalue weighted by atomic mass is 35.5. The fourth-order valence-corrected chi connectivity index (χ4v) is 2.99. The maximum atomic E-state index is 5.76. The van der Waals surface area contributed by atoms with Gasteiger partial charge in [0.25, 0.3) is 0 Å². The highest BCUT2D eigenvalue weighted by molar-refractivity contribution is 5.85. The number of nitrogens with one attached hydrogen (secondary N) is 1. The molecule has 2 rings (SSSR count). The summed E-state index contributed by atoms with van der Waals surface area (Å²) in [5, 5.41) is 3.44. The maximum Gasteiger partial charge on any atom is 0.0105 e. The number of hydrogen-bond donors (Lipinski definition) is 2. The summed E-state index contributed by atoms with van der Waals surface area (Å²) in [7, 11) is 0. The van der Waals surface area contributed by atoms with Gasteiger partial charge in [-0.25, -0.2) is 0 Å². The maximum absolute atomic E-state index is 5.76. The Morgan fingerprint density at radius 2 is 1.68 bits per heavy atom. The van der Waals surface area contributed by atoms with Crippen molar-refractivity contribution in [3.05, 3.63) is 35.9 Å². The van der Waals surface area contributed by atoms with E-state index in [9.17, 15) is 0 Å². The summed E-state index contributed by atoms with van der Waals surface area (Å²) in [6.45, 7) is 6.52. The molecular formula is C17H31Cl2N3. The fourth-order valence-electron chi connectivity index (χ4n) is 2.99. The Kier molecular flexibility index (Phi) is 13.0. The number of hydrogen-bond acceptors (Lipinski definition) is 3. The Bertz CT molecular complexity index is 356. The summed E-state index contributed by atoms with van der Waals surface area (Å²) in [6.07, 6.45) is 5.15. The van der Waals surface area contributed by atoms with Crippen molar-refractivity contribution in [2.75, 3.05) is 39.3 Å². The standard InChI is InChI=1S/C17H29N3.2ClH/c18-10-15-20(13-8-16-4-2-1-3-5-16)14-9-17-6-11-19-12-7-17;;/h1-5,17,19H,6-15,18H2;2*1H. The molecule has 1 aliphatic rings. The Hall–Kier alpha value is -0.320. The van der Waals surface area contributed by atoms with Crippen molar-refractivity contribution in [3.63, 3.8) is 0 Å². The van der Waals surface area contributed by atoms with Crippen LogP contribution in [0.5, 0.6) is 0 Å². The monoisotopic (exact) mass is 347 g/mol. The van der Waals surface area contributed by atoms with E-state index < -0.39 is 0 Å². The summed E-state index contributed by atoms with van der Waals surface area (Å²) in [6, 6.07) is 10.8. The van der Waals surface area contributed by atoms with Crippen molar-refractivity contribution >= 4 is 24.8 Å². The molecule has 3 N–H and O–H groups in total. The average molecular weight is 348 g/mol. The second kappa shape index (κ2) is 13.1. The molecule has 1 saturated heterocycles. The van der Waals surface area contributed by atoms with E-state index in [1.165, 1.54) is 44.5 Å². The molecule has 1 aromatic carbocycles. The van der Waals surface area contributed by atoms with Gasteiger partial charge in [-0.3, -0.25) is 0 Å². The highest BCUT2D eigenvalue weighted by Crippen LogP contribution is 2.16. The Morgan fingerprint density at radius 3 is 2.32 bits per heavy atom. The Balaban J connectivity index is 0.00000220. The molecule has 3 nitrogen and oxygen atoms in total. The first-order chi connectivity index (χ1) is 9.88. The molecule has 0 aliphatic carbocycles. The molecule has 22 heavy (non-hydrogen) atoms. The number of benzene rings is 1. The van der Waals surface area contributed by atoms with Crippen LogP contribution in [-0.2, 0) is 6.42 Å². The van der Waals surface area contributed by atoms with E-state index in [0.717, 1.165) is 32.0 Å². The normalized spacial score (nSPS) is 15.2. The van der Waals surface area contributed by atoms with E-state index in [4.69, 9.17) is 5.73 Å². The summed E-state index contributed by atoms with van der Waals surface area (Å²) in [4.78, 5) is 2.54. The summed E-state index contributed by atoms with van der Waals surface area (Å²) < 4.78 is 0. The van der Waals surface area contributed by atoms with Gasteiger partial charge in [-0.2, -0.15) is 0 Å². The SMILES string of the molecule is Cl.Cl.NCCN(CCc1ccccc1)CCC1CCNCC1. The van der Waals surface area contributed by atoms with E-state index in [1.54, 1.807) is 0 Å². The number of rotatable bonds is 8. The van der Waals surface area contributed by atoms with Crippen LogP contribution in [0.4, 0.5) is 0 Å². The van der Waals surface area contributed by atoms with Crippen LogP contribution in [0.2, 0.25) is 0 Å². The van der Waals surface area contributed by atoms with Crippen LogP contribution in [0.15, 0.2) is 30.3 Å². The van der Waals surface area contributed by atoms with Crippen molar-refractivity contribution in [2.45, 2.75) is 25.7 Å². The fraction of sp³-hybridized carbons (Fsp3) is 0.647. The summed E-state index contributed by atoms with van der Waals surface area (Å²) >= 11 is 0. The predicted octanol–water partition coefficient (Wildman–Crippen LogP) is 2.72. The number of nitrogens with zero attached hydrogens (tertiary/aromatic N) is 1. The molecule has 0 saturated carbocycles. The molecule has 0 atom stereocenters. The van der Waals surface area contributed by atoms with Gasteiger partial charge in [0.05, 0.1) is 0 Å². The molecule has 0 spiro atoms. The van der Waals surface area contributed by atoms with Crippen LogP contribution in [0.1, 0.15) is 24.8 Å². The van der Waals surface area contributed by atoms with Gasteiger partial charge in [-0.15, -0.1) is 24.8 Å². The summed E-state index contributed by atoms with van der Waals surface area (Å²) in [5.41, 5.74) is 7.18. The zero-order chi connectivity index (χ0) is 14.0. The first-order valence-corrected chi connectivity index (χ1v) is 8.05. The minimum absolute atomic E-state index is 0. The lowest BCUT2D eigenvalue weighted by atomic mass is 9.94. The first-order valence-electron chi connectivity index (χ1n) is 8.05. The largest absolute Gasteiger partial charge is 0.329 e. The average Bonchev–Trinajstić information content (AvgIpc) is 2.52. The van der Waals surface area contributed by atoms with E-state index in [-0.39, 0.29) is 24.8 Å². The van der Waals surface area contributed by atoms with Gasteiger partial charge in [0, 0.05) is 19.6 Å². The van der Waals surface area contributed by atoms with Crippen molar-refractivity contribution in [1.82, 2.24) is 10.2 Å².